The Balaban J connectivity index is 2.28. The molecule has 94 valence electrons. The predicted octanol–water partition coefficient (Wildman–Crippen LogP) is 3.66. The zero-order chi connectivity index (χ0) is 12.5. The van der Waals surface area contributed by atoms with Crippen molar-refractivity contribution in [2.75, 3.05) is 6.54 Å². The fraction of sp³-hybridized carbons (Fsp3) is 0.500. The molecule has 0 aliphatic heterocycles. The van der Waals surface area contributed by atoms with Crippen molar-refractivity contribution in [1.82, 2.24) is 5.32 Å². The van der Waals surface area contributed by atoms with Crippen LogP contribution in [0.3, 0.4) is 0 Å². The zero-order valence-corrected chi connectivity index (χ0v) is 11.0. The fourth-order valence-electron chi connectivity index (χ4n) is 1.63. The van der Waals surface area contributed by atoms with E-state index >= 15 is 0 Å². The van der Waals surface area contributed by atoms with E-state index in [2.05, 4.69) is 12.2 Å². The third kappa shape index (κ3) is 5.22. The first-order valence-electron chi connectivity index (χ1n) is 6.22. The number of unbranched alkanes of at least 4 members (excludes halogenated alkanes) is 3. The SMILES string of the molecule is CCCCCCNC(=O)C(Cl)c1ccccc1. The van der Waals surface area contributed by atoms with Crippen molar-refractivity contribution in [3.8, 4) is 0 Å². The van der Waals surface area contributed by atoms with Gasteiger partial charge in [0.2, 0.25) is 5.91 Å². The highest BCUT2D eigenvalue weighted by Gasteiger charge is 2.16. The zero-order valence-electron chi connectivity index (χ0n) is 10.3. The molecule has 0 aliphatic carbocycles. The molecule has 0 saturated heterocycles. The molecular formula is C14H20ClNO. The van der Waals surface area contributed by atoms with E-state index in [0.717, 1.165) is 24.9 Å². The maximum Gasteiger partial charge on any atom is 0.242 e. The molecule has 0 bridgehead atoms. The summed E-state index contributed by atoms with van der Waals surface area (Å²) in [5.41, 5.74) is 0.847. The molecule has 0 saturated carbocycles. The van der Waals surface area contributed by atoms with E-state index in [1.54, 1.807) is 0 Å². The molecule has 0 spiro atoms. The molecule has 0 fully saturated rings. The Morgan fingerprint density at radius 1 is 1.24 bits per heavy atom. The van der Waals surface area contributed by atoms with Crippen LogP contribution in [-0.2, 0) is 4.79 Å². The maximum absolute atomic E-state index is 11.7. The van der Waals surface area contributed by atoms with Crippen LogP contribution in [0.1, 0.15) is 43.5 Å². The second-order valence-electron chi connectivity index (χ2n) is 4.12. The number of hydrogen-bond donors (Lipinski definition) is 1. The Morgan fingerprint density at radius 2 is 1.94 bits per heavy atom. The van der Waals surface area contributed by atoms with Crippen LogP contribution in [0.4, 0.5) is 0 Å². The molecule has 1 atom stereocenters. The van der Waals surface area contributed by atoms with Crippen molar-refractivity contribution in [2.24, 2.45) is 0 Å². The summed E-state index contributed by atoms with van der Waals surface area (Å²) in [6, 6.07) is 9.43. The third-order valence-corrected chi connectivity index (χ3v) is 3.10. The molecular weight excluding hydrogens is 234 g/mol. The first kappa shape index (κ1) is 14.0. The van der Waals surface area contributed by atoms with Crippen LogP contribution in [-0.4, -0.2) is 12.5 Å². The number of benzene rings is 1. The molecule has 17 heavy (non-hydrogen) atoms. The van der Waals surface area contributed by atoms with Crippen LogP contribution in [0.25, 0.3) is 0 Å². The van der Waals surface area contributed by atoms with Gasteiger partial charge in [-0.15, -0.1) is 11.6 Å². The molecule has 0 heterocycles. The highest BCUT2D eigenvalue weighted by Crippen LogP contribution is 2.19. The monoisotopic (exact) mass is 253 g/mol. The van der Waals surface area contributed by atoms with Crippen molar-refractivity contribution < 1.29 is 4.79 Å². The van der Waals surface area contributed by atoms with Gasteiger partial charge >= 0.3 is 0 Å². The normalized spacial score (nSPS) is 12.1. The van der Waals surface area contributed by atoms with Gasteiger partial charge in [0.15, 0.2) is 0 Å². The Morgan fingerprint density at radius 3 is 2.59 bits per heavy atom. The van der Waals surface area contributed by atoms with Gasteiger partial charge in [-0.3, -0.25) is 4.79 Å². The second kappa shape index (κ2) is 8.13. The number of alkyl halides is 1. The number of nitrogens with one attached hydrogen (secondary N) is 1. The molecule has 0 radical (unpaired) electrons. The van der Waals surface area contributed by atoms with Gasteiger partial charge in [-0.05, 0) is 12.0 Å². The van der Waals surface area contributed by atoms with Gasteiger partial charge in [-0.1, -0.05) is 56.5 Å². The van der Waals surface area contributed by atoms with Gasteiger partial charge in [0.1, 0.15) is 5.38 Å². The number of carbonyl (C=O) groups is 1. The maximum atomic E-state index is 11.7. The molecule has 1 aromatic carbocycles. The Kier molecular flexibility index (Phi) is 6.71. The van der Waals surface area contributed by atoms with E-state index in [-0.39, 0.29) is 5.91 Å². The van der Waals surface area contributed by atoms with Crippen molar-refractivity contribution in [3.05, 3.63) is 35.9 Å². The number of amides is 1. The van der Waals surface area contributed by atoms with Gasteiger partial charge in [-0.25, -0.2) is 0 Å². The molecule has 1 rings (SSSR count). The lowest BCUT2D eigenvalue weighted by Crippen LogP contribution is -2.27. The first-order chi connectivity index (χ1) is 8.25. The first-order valence-corrected chi connectivity index (χ1v) is 6.66. The van der Waals surface area contributed by atoms with Crippen molar-refractivity contribution in [1.29, 1.82) is 0 Å². The molecule has 1 aromatic rings. The van der Waals surface area contributed by atoms with Crippen molar-refractivity contribution >= 4 is 17.5 Å². The number of rotatable bonds is 7. The van der Waals surface area contributed by atoms with Crippen LogP contribution in [0.5, 0.6) is 0 Å². The average molecular weight is 254 g/mol. The molecule has 0 aromatic heterocycles. The fourth-order valence-corrected chi connectivity index (χ4v) is 1.85. The minimum absolute atomic E-state index is 0.102. The largest absolute Gasteiger partial charge is 0.355 e. The highest BCUT2D eigenvalue weighted by atomic mass is 35.5. The van der Waals surface area contributed by atoms with Gasteiger partial charge in [-0.2, -0.15) is 0 Å². The minimum Gasteiger partial charge on any atom is -0.355 e. The lowest BCUT2D eigenvalue weighted by atomic mass is 10.1. The molecule has 2 nitrogen and oxygen atoms in total. The van der Waals surface area contributed by atoms with E-state index in [9.17, 15) is 4.79 Å². The summed E-state index contributed by atoms with van der Waals surface area (Å²) in [4.78, 5) is 11.7. The number of halogens is 1. The van der Waals surface area contributed by atoms with E-state index in [1.807, 2.05) is 30.3 Å². The van der Waals surface area contributed by atoms with Gasteiger partial charge < -0.3 is 5.32 Å². The molecule has 3 heteroatoms. The van der Waals surface area contributed by atoms with Crippen molar-refractivity contribution in [3.63, 3.8) is 0 Å². The molecule has 1 unspecified atom stereocenters. The lowest BCUT2D eigenvalue weighted by Gasteiger charge is -2.10. The van der Waals surface area contributed by atoms with Crippen LogP contribution in [0.2, 0.25) is 0 Å². The van der Waals surface area contributed by atoms with Crippen LogP contribution < -0.4 is 5.32 Å². The standard InChI is InChI=1S/C14H20ClNO/c1-2-3-4-8-11-16-14(17)13(15)12-9-6-5-7-10-12/h5-7,9-10,13H,2-4,8,11H2,1H3,(H,16,17). The highest BCUT2D eigenvalue weighted by molar-refractivity contribution is 6.30. The van der Waals surface area contributed by atoms with E-state index in [1.165, 1.54) is 12.8 Å². The van der Waals surface area contributed by atoms with Crippen LogP contribution in [0, 0.1) is 0 Å². The van der Waals surface area contributed by atoms with E-state index in [0.29, 0.717) is 0 Å². The molecule has 0 aliphatic rings. The number of carbonyl (C=O) groups excluding carboxylic acids is 1. The third-order valence-electron chi connectivity index (χ3n) is 2.65. The Hall–Kier alpha value is -1.02. The van der Waals surface area contributed by atoms with E-state index in [4.69, 9.17) is 11.6 Å². The van der Waals surface area contributed by atoms with Gasteiger partial charge in [0.05, 0.1) is 0 Å². The Bertz CT molecular complexity index is 326. The summed E-state index contributed by atoms with van der Waals surface area (Å²) in [6.07, 6.45) is 4.61. The molecule has 1 N–H and O–H groups in total. The average Bonchev–Trinajstić information content (AvgIpc) is 2.38. The second-order valence-corrected chi connectivity index (χ2v) is 4.56. The van der Waals surface area contributed by atoms with Crippen LogP contribution >= 0.6 is 11.6 Å². The number of hydrogen-bond acceptors (Lipinski definition) is 1. The predicted molar refractivity (Wildman–Crippen MR) is 72.2 cm³/mol. The van der Waals surface area contributed by atoms with E-state index < -0.39 is 5.38 Å². The summed E-state index contributed by atoms with van der Waals surface area (Å²) in [5, 5.41) is 2.29. The minimum atomic E-state index is -0.581. The van der Waals surface area contributed by atoms with Gasteiger partial charge in [0.25, 0.3) is 0 Å². The quantitative estimate of drug-likeness (QED) is 0.583. The summed E-state index contributed by atoms with van der Waals surface area (Å²) in [7, 11) is 0. The smallest absolute Gasteiger partial charge is 0.242 e. The molecule has 1 amide bonds. The summed E-state index contributed by atoms with van der Waals surface area (Å²) in [5.74, 6) is -0.102. The summed E-state index contributed by atoms with van der Waals surface area (Å²) < 4.78 is 0. The van der Waals surface area contributed by atoms with Crippen LogP contribution in [0.15, 0.2) is 30.3 Å². The summed E-state index contributed by atoms with van der Waals surface area (Å²) >= 11 is 6.08. The Labute approximate surface area is 108 Å². The lowest BCUT2D eigenvalue weighted by molar-refractivity contribution is -0.120. The van der Waals surface area contributed by atoms with Gasteiger partial charge in [0, 0.05) is 6.54 Å². The van der Waals surface area contributed by atoms with Crippen molar-refractivity contribution in [2.45, 2.75) is 38.0 Å². The summed E-state index contributed by atoms with van der Waals surface area (Å²) in [6.45, 7) is 2.89. The topological polar surface area (TPSA) is 29.1 Å².